The number of esters is 1. The second kappa shape index (κ2) is 7.78. The highest BCUT2D eigenvalue weighted by Gasteiger charge is 2.28. The smallest absolute Gasteiger partial charge is 0.320 e. The van der Waals surface area contributed by atoms with E-state index in [0.717, 1.165) is 34.5 Å². The van der Waals surface area contributed by atoms with Crippen LogP contribution in [0.15, 0.2) is 34.8 Å². The largest absolute Gasteiger partial charge is 0.468 e. The third-order valence-corrected chi connectivity index (χ3v) is 5.43. The highest BCUT2D eigenvalue weighted by atomic mass is 32.2. The fraction of sp³-hybridized carbons (Fsp3) is 0.368. The van der Waals surface area contributed by atoms with Gasteiger partial charge in [-0.3, -0.25) is 9.59 Å². The van der Waals surface area contributed by atoms with E-state index in [2.05, 4.69) is 0 Å². The first kappa shape index (κ1) is 17.6. The van der Waals surface area contributed by atoms with Crippen molar-refractivity contribution >= 4 is 40.7 Å². The molecule has 0 unspecified atom stereocenters. The lowest BCUT2D eigenvalue weighted by molar-refractivity contribution is -0.140. The van der Waals surface area contributed by atoms with Crippen LogP contribution in [0, 0.1) is 0 Å². The number of carbonyl (C=O) groups excluding carboxylic acids is 2. The number of aryl methyl sites for hydroxylation is 1. The molecule has 0 bridgehead atoms. The van der Waals surface area contributed by atoms with Gasteiger partial charge < -0.3 is 14.1 Å². The van der Waals surface area contributed by atoms with Gasteiger partial charge in [0.1, 0.15) is 16.6 Å². The number of amides is 1. The predicted octanol–water partition coefficient (Wildman–Crippen LogP) is 3.13. The zero-order valence-corrected chi connectivity index (χ0v) is 15.2. The van der Waals surface area contributed by atoms with Crippen LogP contribution in [0.4, 0.5) is 0 Å². The topological polar surface area (TPSA) is 59.8 Å². The van der Waals surface area contributed by atoms with E-state index in [-0.39, 0.29) is 17.1 Å². The standard InChI is InChI=1S/C19H21NO4S/c1-3-15-14(13-6-4-5-7-16(13)24-15)8-9-18(21)20-10-11-25-17(12-20)19(22)23-2/h4-9,17H,3,10-12H2,1-2H3/b9-8+/t17-/m0/s1. The van der Waals surface area contributed by atoms with Crippen molar-refractivity contribution in [1.82, 2.24) is 4.90 Å². The predicted molar refractivity (Wildman–Crippen MR) is 99.5 cm³/mol. The van der Waals surface area contributed by atoms with Crippen molar-refractivity contribution in [2.75, 3.05) is 26.0 Å². The molecule has 1 aromatic carbocycles. The molecule has 0 aliphatic carbocycles. The van der Waals surface area contributed by atoms with Crippen molar-refractivity contribution in [2.45, 2.75) is 18.6 Å². The molecule has 0 N–H and O–H groups in total. The van der Waals surface area contributed by atoms with Gasteiger partial charge in [-0.25, -0.2) is 0 Å². The van der Waals surface area contributed by atoms with E-state index in [1.807, 2.05) is 37.3 Å². The number of para-hydroxylation sites is 1. The minimum Gasteiger partial charge on any atom is -0.468 e. The van der Waals surface area contributed by atoms with Crippen LogP contribution >= 0.6 is 11.8 Å². The van der Waals surface area contributed by atoms with Gasteiger partial charge in [-0.1, -0.05) is 25.1 Å². The van der Waals surface area contributed by atoms with Crippen molar-refractivity contribution in [3.05, 3.63) is 41.7 Å². The number of furan rings is 1. The van der Waals surface area contributed by atoms with Crippen molar-refractivity contribution < 1.29 is 18.7 Å². The van der Waals surface area contributed by atoms with E-state index in [9.17, 15) is 9.59 Å². The maximum atomic E-state index is 12.5. The van der Waals surface area contributed by atoms with Crippen LogP contribution in [0.5, 0.6) is 0 Å². The highest BCUT2D eigenvalue weighted by molar-refractivity contribution is 8.00. The molecular weight excluding hydrogens is 338 g/mol. The molecule has 2 aromatic rings. The zero-order valence-electron chi connectivity index (χ0n) is 14.4. The highest BCUT2D eigenvalue weighted by Crippen LogP contribution is 2.27. The van der Waals surface area contributed by atoms with Crippen molar-refractivity contribution in [2.24, 2.45) is 0 Å². The van der Waals surface area contributed by atoms with Crippen LogP contribution in [0.25, 0.3) is 17.0 Å². The molecular formula is C19H21NO4S. The molecule has 1 atom stereocenters. The number of thioether (sulfide) groups is 1. The molecule has 1 aliphatic heterocycles. The second-order valence-electron chi connectivity index (χ2n) is 5.79. The molecule has 132 valence electrons. The molecule has 1 amide bonds. The molecule has 1 saturated heterocycles. The van der Waals surface area contributed by atoms with Gasteiger partial charge in [-0.05, 0) is 12.1 Å². The average Bonchev–Trinajstić information content (AvgIpc) is 3.03. The van der Waals surface area contributed by atoms with E-state index < -0.39 is 0 Å². The molecule has 25 heavy (non-hydrogen) atoms. The Kier molecular flexibility index (Phi) is 5.48. The van der Waals surface area contributed by atoms with Gasteiger partial charge >= 0.3 is 5.97 Å². The molecule has 2 heterocycles. The molecule has 1 fully saturated rings. The number of hydrogen-bond donors (Lipinski definition) is 0. The van der Waals surface area contributed by atoms with Gasteiger partial charge in [0.05, 0.1) is 7.11 Å². The third kappa shape index (κ3) is 3.74. The molecule has 0 saturated carbocycles. The molecule has 0 spiro atoms. The van der Waals surface area contributed by atoms with E-state index in [1.54, 1.807) is 11.0 Å². The monoisotopic (exact) mass is 359 g/mol. The van der Waals surface area contributed by atoms with Gasteiger partial charge in [0.15, 0.2) is 0 Å². The summed E-state index contributed by atoms with van der Waals surface area (Å²) in [5, 5.41) is 0.696. The van der Waals surface area contributed by atoms with E-state index in [4.69, 9.17) is 9.15 Å². The number of ether oxygens (including phenoxy) is 1. The normalized spacial score (nSPS) is 18.0. The van der Waals surface area contributed by atoms with Crippen LogP contribution in [0.1, 0.15) is 18.2 Å². The van der Waals surface area contributed by atoms with Gasteiger partial charge in [0.25, 0.3) is 0 Å². The minimum absolute atomic E-state index is 0.0958. The summed E-state index contributed by atoms with van der Waals surface area (Å²) in [6.45, 7) is 3.04. The summed E-state index contributed by atoms with van der Waals surface area (Å²) in [6, 6.07) is 7.81. The number of rotatable bonds is 4. The molecule has 3 rings (SSSR count). The minimum atomic E-state index is -0.308. The van der Waals surface area contributed by atoms with E-state index >= 15 is 0 Å². The third-order valence-electron chi connectivity index (χ3n) is 4.27. The van der Waals surface area contributed by atoms with Crippen molar-refractivity contribution in [3.63, 3.8) is 0 Å². The maximum absolute atomic E-state index is 12.5. The molecule has 6 heteroatoms. The molecule has 5 nitrogen and oxygen atoms in total. The Bertz CT molecular complexity index is 811. The van der Waals surface area contributed by atoms with Crippen LogP contribution in [0.3, 0.4) is 0 Å². The number of hydrogen-bond acceptors (Lipinski definition) is 5. The summed E-state index contributed by atoms with van der Waals surface area (Å²) in [6.07, 6.45) is 4.15. The van der Waals surface area contributed by atoms with Crippen LogP contribution in [-0.4, -0.2) is 48.0 Å². The molecule has 1 aliphatic rings. The number of methoxy groups -OCH3 is 1. The number of fused-ring (bicyclic) bond motifs is 1. The average molecular weight is 359 g/mol. The van der Waals surface area contributed by atoms with Gasteiger partial charge in [0.2, 0.25) is 5.91 Å². The van der Waals surface area contributed by atoms with E-state index in [1.165, 1.54) is 18.9 Å². The van der Waals surface area contributed by atoms with Gasteiger partial charge in [-0.2, -0.15) is 0 Å². The molecule has 0 radical (unpaired) electrons. The number of benzene rings is 1. The first-order valence-corrected chi connectivity index (χ1v) is 9.35. The van der Waals surface area contributed by atoms with Crippen LogP contribution in [0.2, 0.25) is 0 Å². The summed E-state index contributed by atoms with van der Waals surface area (Å²) in [5.74, 6) is 1.22. The fourth-order valence-corrected chi connectivity index (χ4v) is 4.07. The Labute approximate surface area is 151 Å². The Morgan fingerprint density at radius 2 is 2.20 bits per heavy atom. The SMILES string of the molecule is CCc1oc2ccccc2c1/C=C/C(=O)N1CCS[C@H](C(=O)OC)C1. The lowest BCUT2D eigenvalue weighted by atomic mass is 10.1. The van der Waals surface area contributed by atoms with Crippen LogP contribution < -0.4 is 0 Å². The maximum Gasteiger partial charge on any atom is 0.320 e. The summed E-state index contributed by atoms with van der Waals surface area (Å²) in [5.41, 5.74) is 1.77. The Morgan fingerprint density at radius 3 is 2.96 bits per heavy atom. The van der Waals surface area contributed by atoms with Crippen LogP contribution in [-0.2, 0) is 20.7 Å². The van der Waals surface area contributed by atoms with Gasteiger partial charge in [0, 0.05) is 42.3 Å². The zero-order chi connectivity index (χ0) is 17.8. The summed E-state index contributed by atoms with van der Waals surface area (Å²) in [4.78, 5) is 25.9. The fourth-order valence-electron chi connectivity index (χ4n) is 2.94. The Hall–Kier alpha value is -2.21. The first-order chi connectivity index (χ1) is 12.1. The van der Waals surface area contributed by atoms with Gasteiger partial charge in [-0.15, -0.1) is 11.8 Å². The Morgan fingerprint density at radius 1 is 1.40 bits per heavy atom. The molecule has 1 aromatic heterocycles. The lowest BCUT2D eigenvalue weighted by Gasteiger charge is -2.30. The quantitative estimate of drug-likeness (QED) is 0.620. The van der Waals surface area contributed by atoms with E-state index in [0.29, 0.717) is 13.1 Å². The summed E-state index contributed by atoms with van der Waals surface area (Å²) >= 11 is 1.53. The van der Waals surface area contributed by atoms with Crippen molar-refractivity contribution in [3.8, 4) is 0 Å². The van der Waals surface area contributed by atoms with Crippen molar-refractivity contribution in [1.29, 1.82) is 0 Å². The second-order valence-corrected chi connectivity index (χ2v) is 7.10. The summed E-state index contributed by atoms with van der Waals surface area (Å²) in [7, 11) is 1.37. The Balaban J connectivity index is 1.78. The lowest BCUT2D eigenvalue weighted by Crippen LogP contribution is -2.44. The number of nitrogens with zero attached hydrogens (tertiary/aromatic N) is 1. The number of carbonyl (C=O) groups is 2. The summed E-state index contributed by atoms with van der Waals surface area (Å²) < 4.78 is 10.6. The first-order valence-electron chi connectivity index (χ1n) is 8.30.